The Kier molecular flexibility index (Phi) is 4.25. The van der Waals surface area contributed by atoms with E-state index in [0.29, 0.717) is 27.9 Å². The lowest BCUT2D eigenvalue weighted by Crippen LogP contribution is -2.24. The third-order valence-electron chi connectivity index (χ3n) is 4.84. The van der Waals surface area contributed by atoms with Crippen molar-refractivity contribution in [3.8, 4) is 11.8 Å². The number of rotatable bonds is 2. The molecule has 1 unspecified atom stereocenters. The first-order valence-electron chi connectivity index (χ1n) is 8.50. The van der Waals surface area contributed by atoms with Crippen LogP contribution in [0.25, 0.3) is 10.9 Å². The van der Waals surface area contributed by atoms with E-state index in [2.05, 4.69) is 0 Å². The molecule has 8 nitrogen and oxygen atoms in total. The maximum Gasteiger partial charge on any atom is 0.288 e. The summed E-state index contributed by atoms with van der Waals surface area (Å²) in [4.78, 5) is 23.3. The van der Waals surface area contributed by atoms with E-state index in [1.54, 1.807) is 30.3 Å². The zero-order valence-electron chi connectivity index (χ0n) is 15.0. The summed E-state index contributed by atoms with van der Waals surface area (Å²) in [6, 6.07) is 13.4. The second-order valence-electron chi connectivity index (χ2n) is 6.48. The highest BCUT2D eigenvalue weighted by Crippen LogP contribution is 2.48. The highest BCUT2D eigenvalue weighted by molar-refractivity contribution is 6.32. The molecule has 0 fully saturated rings. The van der Waals surface area contributed by atoms with Crippen LogP contribution in [-0.2, 0) is 0 Å². The molecule has 0 saturated heterocycles. The lowest BCUT2D eigenvalue weighted by atomic mass is 9.86. The van der Waals surface area contributed by atoms with Crippen molar-refractivity contribution in [3.63, 3.8) is 0 Å². The van der Waals surface area contributed by atoms with E-state index in [1.165, 1.54) is 23.6 Å². The molecule has 2 heterocycles. The summed E-state index contributed by atoms with van der Waals surface area (Å²) in [6.07, 6.45) is 0. The molecule has 1 aromatic heterocycles. The number of hydrogen-bond acceptors (Lipinski definition) is 6. The van der Waals surface area contributed by atoms with Crippen molar-refractivity contribution in [3.05, 3.63) is 80.3 Å². The number of para-hydroxylation sites is 1. The van der Waals surface area contributed by atoms with Gasteiger partial charge >= 0.3 is 0 Å². The van der Waals surface area contributed by atoms with Gasteiger partial charge < -0.3 is 10.5 Å². The molecule has 1 aliphatic rings. The summed E-state index contributed by atoms with van der Waals surface area (Å²) in [6.45, 7) is 1.39. The number of carbonyl (C=O) groups is 1. The Bertz CT molecular complexity index is 1290. The monoisotopic (exact) mass is 408 g/mol. The van der Waals surface area contributed by atoms with Crippen LogP contribution in [0, 0.1) is 21.4 Å². The van der Waals surface area contributed by atoms with Gasteiger partial charge in [0.1, 0.15) is 16.7 Å². The minimum absolute atomic E-state index is 0.0337. The Morgan fingerprint density at radius 1 is 1.34 bits per heavy atom. The molecular weight excluding hydrogens is 396 g/mol. The number of ether oxygens (including phenoxy) is 1. The fraction of sp³-hybridized carbons (Fsp3) is 0.100. The van der Waals surface area contributed by atoms with Crippen molar-refractivity contribution in [2.45, 2.75) is 12.8 Å². The van der Waals surface area contributed by atoms with Crippen LogP contribution in [0.1, 0.15) is 28.9 Å². The maximum atomic E-state index is 12.5. The van der Waals surface area contributed by atoms with Crippen LogP contribution < -0.4 is 10.5 Å². The SMILES string of the molecule is CC(=O)n1c2c(c3ccccc31)OC(N)=C(C#N)C2c1ccc(Cl)c([N+](=O)[O-])c1. The van der Waals surface area contributed by atoms with Gasteiger partial charge in [0.15, 0.2) is 5.75 Å². The van der Waals surface area contributed by atoms with Gasteiger partial charge in [-0.05, 0) is 23.8 Å². The Labute approximate surface area is 169 Å². The molecule has 29 heavy (non-hydrogen) atoms. The molecule has 1 atom stereocenters. The Morgan fingerprint density at radius 2 is 2.07 bits per heavy atom. The number of nitro benzene ring substituents is 1. The molecule has 3 aromatic rings. The highest BCUT2D eigenvalue weighted by atomic mass is 35.5. The van der Waals surface area contributed by atoms with Gasteiger partial charge in [0.2, 0.25) is 11.8 Å². The number of aromatic nitrogens is 1. The number of nitriles is 1. The van der Waals surface area contributed by atoms with Crippen LogP contribution in [0.4, 0.5) is 5.69 Å². The van der Waals surface area contributed by atoms with Gasteiger partial charge in [-0.1, -0.05) is 29.8 Å². The molecule has 0 aliphatic carbocycles. The van der Waals surface area contributed by atoms with Crippen LogP contribution in [0.3, 0.4) is 0 Å². The molecule has 0 amide bonds. The number of halogens is 1. The van der Waals surface area contributed by atoms with Crippen molar-refractivity contribution in [1.82, 2.24) is 4.57 Å². The lowest BCUT2D eigenvalue weighted by Gasteiger charge is -2.25. The molecule has 0 spiro atoms. The predicted molar refractivity (Wildman–Crippen MR) is 106 cm³/mol. The van der Waals surface area contributed by atoms with E-state index in [9.17, 15) is 20.2 Å². The standard InChI is InChI=1S/C20H13ClN4O4/c1-10(26)24-15-5-3-2-4-12(15)19-18(24)17(13(9-22)20(23)29-19)11-6-7-14(21)16(8-11)25(27)28/h2-8,17H,23H2,1H3. The number of allylic oxidation sites excluding steroid dienone is 1. The molecule has 0 radical (unpaired) electrons. The number of fused-ring (bicyclic) bond motifs is 3. The number of nitrogens with two attached hydrogens (primary N) is 1. The number of carbonyl (C=O) groups excluding carboxylic acids is 1. The first-order chi connectivity index (χ1) is 13.8. The first kappa shape index (κ1) is 18.5. The summed E-state index contributed by atoms with van der Waals surface area (Å²) in [5.74, 6) is -0.905. The van der Waals surface area contributed by atoms with Crippen molar-refractivity contribution < 1.29 is 14.5 Å². The second kappa shape index (κ2) is 6.65. The predicted octanol–water partition coefficient (Wildman–Crippen LogP) is 4.08. The summed E-state index contributed by atoms with van der Waals surface area (Å²) in [7, 11) is 0. The summed E-state index contributed by atoms with van der Waals surface area (Å²) < 4.78 is 7.18. The summed E-state index contributed by atoms with van der Waals surface area (Å²) in [5.41, 5.74) is 7.14. The second-order valence-corrected chi connectivity index (χ2v) is 6.89. The van der Waals surface area contributed by atoms with Crippen LogP contribution in [0.15, 0.2) is 53.9 Å². The molecule has 2 N–H and O–H groups in total. The minimum Gasteiger partial charge on any atom is -0.438 e. The number of benzene rings is 2. The molecular formula is C20H13ClN4O4. The van der Waals surface area contributed by atoms with Gasteiger partial charge in [0, 0.05) is 18.4 Å². The Morgan fingerprint density at radius 3 is 2.72 bits per heavy atom. The largest absolute Gasteiger partial charge is 0.438 e. The Hall–Kier alpha value is -3.83. The fourth-order valence-corrected chi connectivity index (χ4v) is 3.86. The molecule has 2 aromatic carbocycles. The van der Waals surface area contributed by atoms with Crippen LogP contribution >= 0.6 is 11.6 Å². The van der Waals surface area contributed by atoms with E-state index < -0.39 is 10.8 Å². The summed E-state index contributed by atoms with van der Waals surface area (Å²) in [5, 5.41) is 21.7. The van der Waals surface area contributed by atoms with E-state index >= 15 is 0 Å². The molecule has 9 heteroatoms. The van der Waals surface area contributed by atoms with Crippen LogP contribution in [0.2, 0.25) is 5.02 Å². The molecule has 0 bridgehead atoms. The van der Waals surface area contributed by atoms with Gasteiger partial charge in [0.25, 0.3) is 5.69 Å². The smallest absolute Gasteiger partial charge is 0.288 e. The highest BCUT2D eigenvalue weighted by Gasteiger charge is 2.37. The van der Waals surface area contributed by atoms with Gasteiger partial charge in [-0.3, -0.25) is 19.5 Å². The normalized spacial score (nSPS) is 15.6. The van der Waals surface area contributed by atoms with E-state index in [0.717, 1.165) is 0 Å². The van der Waals surface area contributed by atoms with Gasteiger partial charge in [-0.15, -0.1) is 0 Å². The van der Waals surface area contributed by atoms with Crippen molar-refractivity contribution in [2.75, 3.05) is 0 Å². The molecule has 0 saturated carbocycles. The van der Waals surface area contributed by atoms with E-state index in [1.807, 2.05) is 6.07 Å². The summed E-state index contributed by atoms with van der Waals surface area (Å²) >= 11 is 5.95. The van der Waals surface area contributed by atoms with Gasteiger partial charge in [-0.25, -0.2) is 0 Å². The van der Waals surface area contributed by atoms with Crippen LogP contribution in [-0.4, -0.2) is 15.4 Å². The Balaban J connectivity index is 2.10. The third-order valence-corrected chi connectivity index (χ3v) is 5.16. The number of hydrogen-bond donors (Lipinski definition) is 1. The van der Waals surface area contributed by atoms with E-state index in [4.69, 9.17) is 22.1 Å². The topological polar surface area (TPSA) is 124 Å². The molecule has 144 valence electrons. The van der Waals surface area contributed by atoms with Gasteiger partial charge in [-0.2, -0.15) is 5.26 Å². The maximum absolute atomic E-state index is 12.5. The zero-order chi connectivity index (χ0) is 20.9. The quantitative estimate of drug-likeness (QED) is 0.503. The van der Waals surface area contributed by atoms with Crippen molar-refractivity contribution in [2.24, 2.45) is 5.73 Å². The van der Waals surface area contributed by atoms with Crippen molar-refractivity contribution in [1.29, 1.82) is 5.26 Å². The van der Waals surface area contributed by atoms with E-state index in [-0.39, 0.29) is 28.1 Å². The number of nitro groups is 1. The molecule has 1 aliphatic heterocycles. The van der Waals surface area contributed by atoms with Crippen LogP contribution in [0.5, 0.6) is 5.75 Å². The molecule has 4 rings (SSSR count). The lowest BCUT2D eigenvalue weighted by molar-refractivity contribution is -0.384. The average molecular weight is 409 g/mol. The first-order valence-corrected chi connectivity index (χ1v) is 8.88. The zero-order valence-corrected chi connectivity index (χ0v) is 15.8. The van der Waals surface area contributed by atoms with Gasteiger partial charge in [0.05, 0.1) is 22.1 Å². The average Bonchev–Trinajstić information content (AvgIpc) is 3.01. The van der Waals surface area contributed by atoms with Crippen molar-refractivity contribution >= 4 is 34.1 Å². The third kappa shape index (κ3) is 2.71. The fourth-order valence-electron chi connectivity index (χ4n) is 3.67. The number of nitrogens with zero attached hydrogens (tertiary/aromatic N) is 3. The minimum atomic E-state index is -0.837.